The molecule has 0 fully saturated rings. The molecule has 0 aliphatic heterocycles. The van der Waals surface area contributed by atoms with Gasteiger partial charge in [-0.15, -0.1) is 10.2 Å². The van der Waals surface area contributed by atoms with Gasteiger partial charge in [0.2, 0.25) is 5.13 Å². The van der Waals surface area contributed by atoms with Crippen LogP contribution in [0.3, 0.4) is 0 Å². The van der Waals surface area contributed by atoms with Crippen molar-refractivity contribution in [1.82, 2.24) is 25.1 Å². The van der Waals surface area contributed by atoms with Crippen LogP contribution in [-0.2, 0) is 0 Å². The van der Waals surface area contributed by atoms with E-state index < -0.39 is 0 Å². The Hall–Kier alpha value is -2.74. The molecule has 0 N–H and O–H groups in total. The second kappa shape index (κ2) is 5.94. The van der Waals surface area contributed by atoms with Gasteiger partial charge in [0.15, 0.2) is 5.01 Å². The first kappa shape index (κ1) is 14.2. The van der Waals surface area contributed by atoms with Gasteiger partial charge in [-0.2, -0.15) is 0 Å². The number of aromatic nitrogens is 5. The monoisotopic (exact) mass is 312 g/mol. The molecule has 1 amide bonds. The van der Waals surface area contributed by atoms with Gasteiger partial charge >= 0.3 is 0 Å². The molecule has 7 nitrogen and oxygen atoms in total. The number of hydrogen-bond acceptors (Lipinski definition) is 7. The fourth-order valence-corrected chi connectivity index (χ4v) is 2.50. The number of hydrogen-bond donors (Lipinski definition) is 0. The smallest absolute Gasteiger partial charge is 0.259 e. The van der Waals surface area contributed by atoms with E-state index in [0.29, 0.717) is 21.4 Å². The zero-order valence-electron chi connectivity index (χ0n) is 12.0. The predicted molar refractivity (Wildman–Crippen MR) is 82.6 cm³/mol. The van der Waals surface area contributed by atoms with Crippen LogP contribution >= 0.6 is 11.3 Å². The van der Waals surface area contributed by atoms with Crippen molar-refractivity contribution in [3.8, 4) is 10.7 Å². The maximum Gasteiger partial charge on any atom is 0.259 e. The predicted octanol–water partition coefficient (Wildman–Crippen LogP) is 1.98. The van der Waals surface area contributed by atoms with Crippen molar-refractivity contribution >= 4 is 22.4 Å². The average molecular weight is 312 g/mol. The van der Waals surface area contributed by atoms with Gasteiger partial charge in [0.1, 0.15) is 5.69 Å². The first-order valence-electron chi connectivity index (χ1n) is 6.46. The lowest BCUT2D eigenvalue weighted by atomic mass is 10.2. The van der Waals surface area contributed by atoms with E-state index in [1.165, 1.54) is 16.2 Å². The Morgan fingerprint density at radius 1 is 1.14 bits per heavy atom. The van der Waals surface area contributed by atoms with Gasteiger partial charge in [0.25, 0.3) is 5.91 Å². The number of amides is 1. The third-order valence-electron chi connectivity index (χ3n) is 2.93. The molecule has 0 saturated carbocycles. The number of anilines is 1. The van der Waals surface area contributed by atoms with Gasteiger partial charge in [0, 0.05) is 31.2 Å². The molecule has 0 aliphatic rings. The molecular weight excluding hydrogens is 300 g/mol. The van der Waals surface area contributed by atoms with Crippen LogP contribution in [-0.4, -0.2) is 38.1 Å². The van der Waals surface area contributed by atoms with Crippen molar-refractivity contribution in [2.45, 2.75) is 6.92 Å². The van der Waals surface area contributed by atoms with Crippen molar-refractivity contribution < 1.29 is 4.79 Å². The van der Waals surface area contributed by atoms with E-state index >= 15 is 0 Å². The van der Waals surface area contributed by atoms with E-state index in [9.17, 15) is 4.79 Å². The molecule has 110 valence electrons. The second-order valence-corrected chi connectivity index (χ2v) is 5.49. The van der Waals surface area contributed by atoms with Gasteiger partial charge < -0.3 is 0 Å². The highest BCUT2D eigenvalue weighted by atomic mass is 32.1. The Morgan fingerprint density at radius 3 is 2.59 bits per heavy atom. The normalized spacial score (nSPS) is 10.5. The van der Waals surface area contributed by atoms with Crippen LogP contribution in [0, 0.1) is 6.92 Å². The average Bonchev–Trinajstić information content (AvgIpc) is 3.05. The molecule has 8 heteroatoms. The van der Waals surface area contributed by atoms with Crippen molar-refractivity contribution in [3.05, 3.63) is 48.2 Å². The first-order valence-corrected chi connectivity index (χ1v) is 7.27. The van der Waals surface area contributed by atoms with Gasteiger partial charge in [-0.1, -0.05) is 11.3 Å². The minimum Gasteiger partial charge on any atom is -0.286 e. The van der Waals surface area contributed by atoms with E-state index in [2.05, 4.69) is 25.1 Å². The summed E-state index contributed by atoms with van der Waals surface area (Å²) in [5.41, 5.74) is 2.02. The van der Waals surface area contributed by atoms with Crippen LogP contribution in [0.4, 0.5) is 5.13 Å². The van der Waals surface area contributed by atoms with Crippen LogP contribution in [0.5, 0.6) is 0 Å². The third kappa shape index (κ3) is 2.82. The van der Waals surface area contributed by atoms with Crippen molar-refractivity contribution in [2.75, 3.05) is 11.9 Å². The molecule has 3 aromatic heterocycles. The molecular formula is C14H12N6OS. The number of rotatable bonds is 3. The lowest BCUT2D eigenvalue weighted by Gasteiger charge is -2.12. The van der Waals surface area contributed by atoms with Crippen LogP contribution in [0.15, 0.2) is 36.9 Å². The van der Waals surface area contributed by atoms with Crippen molar-refractivity contribution in [1.29, 1.82) is 0 Å². The maximum atomic E-state index is 12.3. The van der Waals surface area contributed by atoms with Gasteiger partial charge in [-0.05, 0) is 19.1 Å². The highest BCUT2D eigenvalue weighted by molar-refractivity contribution is 7.18. The van der Waals surface area contributed by atoms with Crippen LogP contribution in [0.25, 0.3) is 10.7 Å². The van der Waals surface area contributed by atoms with Crippen LogP contribution in [0.2, 0.25) is 0 Å². The summed E-state index contributed by atoms with van der Waals surface area (Å²) in [7, 11) is 1.66. The molecule has 0 radical (unpaired) electrons. The largest absolute Gasteiger partial charge is 0.286 e. The Bertz CT molecular complexity index is 787. The SMILES string of the molecule is Cc1cnc(-c2nnc(N(C)C(=O)c3ccncc3)s2)cn1. The third-order valence-corrected chi connectivity index (χ3v) is 3.96. The highest BCUT2D eigenvalue weighted by Gasteiger charge is 2.18. The van der Waals surface area contributed by atoms with E-state index in [4.69, 9.17) is 0 Å². The standard InChI is InChI=1S/C14H12N6OS/c1-9-7-17-11(8-16-9)12-18-19-14(22-12)20(2)13(21)10-3-5-15-6-4-10/h3-8H,1-2H3. The van der Waals surface area contributed by atoms with E-state index in [1.54, 1.807) is 44.0 Å². The summed E-state index contributed by atoms with van der Waals surface area (Å²) < 4.78 is 0. The molecule has 0 saturated heterocycles. The summed E-state index contributed by atoms with van der Waals surface area (Å²) in [6.45, 7) is 1.86. The highest BCUT2D eigenvalue weighted by Crippen LogP contribution is 2.27. The lowest BCUT2D eigenvalue weighted by molar-refractivity contribution is 0.0992. The molecule has 3 heterocycles. The Balaban J connectivity index is 1.84. The number of aryl methyl sites for hydroxylation is 1. The molecule has 0 spiro atoms. The van der Waals surface area contributed by atoms with Gasteiger partial charge in [-0.25, -0.2) is 0 Å². The molecule has 0 aliphatic carbocycles. The fourth-order valence-electron chi connectivity index (χ4n) is 1.73. The van der Waals surface area contributed by atoms with Gasteiger partial charge in [0.05, 0.1) is 11.9 Å². The lowest BCUT2D eigenvalue weighted by Crippen LogP contribution is -2.26. The summed E-state index contributed by atoms with van der Waals surface area (Å²) in [6.07, 6.45) is 6.47. The summed E-state index contributed by atoms with van der Waals surface area (Å²) in [5, 5.41) is 9.25. The Kier molecular flexibility index (Phi) is 3.84. The molecule has 22 heavy (non-hydrogen) atoms. The van der Waals surface area contributed by atoms with Crippen molar-refractivity contribution in [2.24, 2.45) is 0 Å². The summed E-state index contributed by atoms with van der Waals surface area (Å²) in [5.74, 6) is -0.167. The van der Waals surface area contributed by atoms with Crippen LogP contribution in [0.1, 0.15) is 16.1 Å². The van der Waals surface area contributed by atoms with Crippen LogP contribution < -0.4 is 4.90 Å². The van der Waals surface area contributed by atoms with E-state index in [0.717, 1.165) is 5.69 Å². The zero-order chi connectivity index (χ0) is 15.5. The molecule has 0 unspecified atom stereocenters. The Labute approximate surface area is 130 Å². The number of carbonyl (C=O) groups is 1. The second-order valence-electron chi connectivity index (χ2n) is 4.53. The minimum absolute atomic E-state index is 0.167. The zero-order valence-corrected chi connectivity index (χ0v) is 12.8. The molecule has 0 aromatic carbocycles. The number of nitrogens with zero attached hydrogens (tertiary/aromatic N) is 6. The van der Waals surface area contributed by atoms with E-state index in [-0.39, 0.29) is 5.91 Å². The molecule has 0 bridgehead atoms. The molecule has 0 atom stereocenters. The minimum atomic E-state index is -0.167. The summed E-state index contributed by atoms with van der Waals surface area (Å²) in [4.78, 5) is 26.1. The topological polar surface area (TPSA) is 84.8 Å². The summed E-state index contributed by atoms with van der Waals surface area (Å²) in [6, 6.07) is 3.32. The molecule has 3 aromatic rings. The quantitative estimate of drug-likeness (QED) is 0.735. The number of carbonyl (C=O) groups excluding carboxylic acids is 1. The molecule has 3 rings (SSSR count). The Morgan fingerprint density at radius 2 is 1.91 bits per heavy atom. The summed E-state index contributed by atoms with van der Waals surface area (Å²) >= 11 is 1.29. The van der Waals surface area contributed by atoms with Crippen molar-refractivity contribution in [3.63, 3.8) is 0 Å². The number of pyridine rings is 1. The van der Waals surface area contributed by atoms with Gasteiger partial charge in [-0.3, -0.25) is 24.6 Å². The van der Waals surface area contributed by atoms with E-state index in [1.807, 2.05) is 6.92 Å². The fraction of sp³-hybridized carbons (Fsp3) is 0.143. The first-order chi connectivity index (χ1) is 10.6. The maximum absolute atomic E-state index is 12.3.